The molecule has 1 heterocycles. The summed E-state index contributed by atoms with van der Waals surface area (Å²) in [6, 6.07) is 0. The van der Waals surface area contributed by atoms with Gasteiger partial charge in [-0.2, -0.15) is 0 Å². The Hall–Kier alpha value is -1.47. The second-order valence-corrected chi connectivity index (χ2v) is 6.66. The first kappa shape index (κ1) is 19.6. The lowest BCUT2D eigenvalue weighted by Gasteiger charge is -2.23. The maximum Gasteiger partial charge on any atom is 0.308 e. The molecule has 0 bridgehead atoms. The van der Waals surface area contributed by atoms with Gasteiger partial charge in [0.2, 0.25) is 0 Å². The molecule has 1 aromatic rings. The van der Waals surface area contributed by atoms with Crippen LogP contribution in [0.4, 0.5) is 0 Å². The minimum Gasteiger partial charge on any atom is -0.481 e. The summed E-state index contributed by atoms with van der Waals surface area (Å²) < 4.78 is 5.29. The van der Waals surface area contributed by atoms with Crippen LogP contribution in [0.25, 0.3) is 0 Å². The van der Waals surface area contributed by atoms with E-state index in [1.807, 2.05) is 20.8 Å². The van der Waals surface area contributed by atoms with E-state index in [1.165, 1.54) is 11.3 Å². The molecule has 1 N–H and O–H groups in total. The average Bonchev–Trinajstić information content (AvgIpc) is 2.99. The van der Waals surface area contributed by atoms with Crippen molar-refractivity contribution in [3.63, 3.8) is 0 Å². The Balaban J connectivity index is 2.78. The summed E-state index contributed by atoms with van der Waals surface area (Å²) in [4.78, 5) is 29.7. The van der Waals surface area contributed by atoms with Crippen molar-refractivity contribution in [1.29, 1.82) is 0 Å². The number of carboxylic acids is 1. The maximum absolute atomic E-state index is 12.6. The van der Waals surface area contributed by atoms with Crippen molar-refractivity contribution in [2.75, 3.05) is 26.3 Å². The Morgan fingerprint density at radius 3 is 2.61 bits per heavy atom. The molecule has 1 unspecified atom stereocenters. The van der Waals surface area contributed by atoms with Crippen molar-refractivity contribution >= 4 is 23.2 Å². The molecule has 0 radical (unpaired) electrons. The minimum absolute atomic E-state index is 0.175. The van der Waals surface area contributed by atoms with Gasteiger partial charge in [-0.1, -0.05) is 20.8 Å². The zero-order valence-corrected chi connectivity index (χ0v) is 15.1. The molecule has 1 aromatic heterocycles. The first-order valence-corrected chi connectivity index (χ1v) is 8.80. The molecule has 0 aliphatic rings. The number of hydrogen-bond acceptors (Lipinski definition) is 5. The van der Waals surface area contributed by atoms with Crippen molar-refractivity contribution in [2.45, 2.75) is 40.0 Å². The summed E-state index contributed by atoms with van der Waals surface area (Å²) in [5.74, 6) is -1.47. The van der Waals surface area contributed by atoms with Gasteiger partial charge in [0.25, 0.3) is 5.91 Å². The monoisotopic (exact) mass is 342 g/mol. The largest absolute Gasteiger partial charge is 0.481 e. The summed E-state index contributed by atoms with van der Waals surface area (Å²) in [6.45, 7) is 9.39. The predicted octanol–water partition coefficient (Wildman–Crippen LogP) is 2.86. The smallest absolute Gasteiger partial charge is 0.308 e. The van der Waals surface area contributed by atoms with E-state index in [1.54, 1.807) is 17.2 Å². The number of carboxylic acid groups (broad SMARTS) is 1. The zero-order chi connectivity index (χ0) is 17.4. The molecular formula is C16H26N2O4S. The van der Waals surface area contributed by atoms with Gasteiger partial charge in [-0.25, -0.2) is 4.98 Å². The number of amides is 1. The molecule has 23 heavy (non-hydrogen) atoms. The number of nitrogens with zero attached hydrogens (tertiary/aromatic N) is 2. The van der Waals surface area contributed by atoms with Crippen LogP contribution in [0.2, 0.25) is 0 Å². The predicted molar refractivity (Wildman–Crippen MR) is 90.0 cm³/mol. The molecule has 7 heteroatoms. The van der Waals surface area contributed by atoms with Crippen LogP contribution >= 0.6 is 11.3 Å². The molecule has 1 rings (SSSR count). The number of carbonyl (C=O) groups excluding carboxylic acids is 1. The summed E-state index contributed by atoms with van der Waals surface area (Å²) in [5.41, 5.74) is 0.396. The molecule has 1 atom stereocenters. The van der Waals surface area contributed by atoms with Gasteiger partial charge in [-0.05, 0) is 13.3 Å². The molecule has 0 aliphatic heterocycles. The molecule has 0 aliphatic carbocycles. The van der Waals surface area contributed by atoms with Gasteiger partial charge in [0.15, 0.2) is 0 Å². The van der Waals surface area contributed by atoms with Gasteiger partial charge in [0.1, 0.15) is 5.69 Å². The molecular weight excluding hydrogens is 316 g/mol. The fourth-order valence-corrected chi connectivity index (χ4v) is 2.81. The number of aliphatic carboxylic acids is 1. The summed E-state index contributed by atoms with van der Waals surface area (Å²) in [5, 5.41) is 11.8. The number of ether oxygens (including phenoxy) is 1. The molecule has 0 fully saturated rings. The Morgan fingerprint density at radius 1 is 1.39 bits per heavy atom. The van der Waals surface area contributed by atoms with E-state index in [0.717, 1.165) is 5.01 Å². The minimum atomic E-state index is -0.909. The normalized spacial score (nSPS) is 12.4. The van der Waals surface area contributed by atoms with Crippen LogP contribution in [0.3, 0.4) is 0 Å². The van der Waals surface area contributed by atoms with Crippen LogP contribution in [0.15, 0.2) is 5.38 Å². The Bertz CT molecular complexity index is 516. The van der Waals surface area contributed by atoms with Gasteiger partial charge >= 0.3 is 5.97 Å². The zero-order valence-electron chi connectivity index (χ0n) is 14.2. The van der Waals surface area contributed by atoms with Gasteiger partial charge in [-0.15, -0.1) is 11.3 Å². The van der Waals surface area contributed by atoms with Gasteiger partial charge in [-0.3, -0.25) is 9.59 Å². The van der Waals surface area contributed by atoms with Crippen LogP contribution in [-0.2, 0) is 9.53 Å². The fourth-order valence-electron chi connectivity index (χ4n) is 2.00. The van der Waals surface area contributed by atoms with Gasteiger partial charge in [0, 0.05) is 37.6 Å². The highest BCUT2D eigenvalue weighted by Gasteiger charge is 2.23. The first-order valence-electron chi connectivity index (χ1n) is 7.92. The number of carbonyl (C=O) groups is 2. The van der Waals surface area contributed by atoms with Crippen molar-refractivity contribution in [1.82, 2.24) is 9.88 Å². The molecule has 130 valence electrons. The van der Waals surface area contributed by atoms with Crippen molar-refractivity contribution in [3.05, 3.63) is 16.1 Å². The maximum atomic E-state index is 12.6. The first-order chi connectivity index (χ1) is 10.9. The van der Waals surface area contributed by atoms with Crippen LogP contribution in [-0.4, -0.2) is 53.2 Å². The summed E-state index contributed by atoms with van der Waals surface area (Å²) >= 11 is 1.46. The van der Waals surface area contributed by atoms with Crippen molar-refractivity contribution in [3.8, 4) is 0 Å². The van der Waals surface area contributed by atoms with E-state index in [4.69, 9.17) is 9.84 Å². The van der Waals surface area contributed by atoms with Gasteiger partial charge in [0.05, 0.1) is 10.9 Å². The third kappa shape index (κ3) is 6.27. The van der Waals surface area contributed by atoms with Crippen molar-refractivity contribution < 1.29 is 19.4 Å². The molecule has 0 saturated heterocycles. The standard InChI is InChI=1S/C16H26N2O4S/c1-5-22-8-6-7-18(9-12(4)16(20)21)15(19)13-10-23-14(17-13)11(2)3/h10-12H,5-9H2,1-4H3,(H,20,21). The highest BCUT2D eigenvalue weighted by Crippen LogP contribution is 2.20. The Morgan fingerprint density at radius 2 is 2.09 bits per heavy atom. The van der Waals surface area contributed by atoms with Crippen LogP contribution < -0.4 is 0 Å². The molecule has 0 saturated carbocycles. The number of rotatable bonds is 10. The third-order valence-electron chi connectivity index (χ3n) is 3.36. The average molecular weight is 342 g/mol. The van der Waals surface area contributed by atoms with E-state index >= 15 is 0 Å². The lowest BCUT2D eigenvalue weighted by Crippen LogP contribution is -2.38. The highest BCUT2D eigenvalue weighted by molar-refractivity contribution is 7.09. The van der Waals surface area contributed by atoms with E-state index < -0.39 is 11.9 Å². The van der Waals surface area contributed by atoms with Crippen molar-refractivity contribution in [2.24, 2.45) is 5.92 Å². The van der Waals surface area contributed by atoms with E-state index in [9.17, 15) is 9.59 Å². The molecule has 6 nitrogen and oxygen atoms in total. The van der Waals surface area contributed by atoms with E-state index in [-0.39, 0.29) is 18.4 Å². The van der Waals surface area contributed by atoms with Crippen LogP contribution in [0, 0.1) is 5.92 Å². The second kappa shape index (κ2) is 9.62. The third-order valence-corrected chi connectivity index (χ3v) is 4.50. The lowest BCUT2D eigenvalue weighted by molar-refractivity contribution is -0.141. The molecule has 0 aromatic carbocycles. The fraction of sp³-hybridized carbons (Fsp3) is 0.688. The van der Waals surface area contributed by atoms with E-state index in [0.29, 0.717) is 31.9 Å². The van der Waals surface area contributed by atoms with E-state index in [2.05, 4.69) is 4.98 Å². The van der Waals surface area contributed by atoms with Crippen LogP contribution in [0.1, 0.15) is 55.5 Å². The SMILES string of the molecule is CCOCCCN(CC(C)C(=O)O)C(=O)c1csc(C(C)C)n1. The van der Waals surface area contributed by atoms with Gasteiger partial charge < -0.3 is 14.7 Å². The number of aromatic nitrogens is 1. The summed E-state index contributed by atoms with van der Waals surface area (Å²) in [6.07, 6.45) is 0.674. The Labute approximate surface area is 141 Å². The summed E-state index contributed by atoms with van der Waals surface area (Å²) in [7, 11) is 0. The Kier molecular flexibility index (Phi) is 8.19. The molecule has 1 amide bonds. The highest BCUT2D eigenvalue weighted by atomic mass is 32.1. The second-order valence-electron chi connectivity index (χ2n) is 5.77. The topological polar surface area (TPSA) is 79.7 Å². The molecule has 0 spiro atoms. The quantitative estimate of drug-likeness (QED) is 0.661. The number of thiazole rings is 1. The lowest BCUT2D eigenvalue weighted by atomic mass is 10.1. The number of hydrogen-bond donors (Lipinski definition) is 1. The van der Waals surface area contributed by atoms with Crippen LogP contribution in [0.5, 0.6) is 0 Å².